The molecule has 27 heavy (non-hydrogen) atoms. The molecule has 3 heterocycles. The first-order chi connectivity index (χ1) is 12.4. The van der Waals surface area contributed by atoms with Crippen molar-refractivity contribution in [2.45, 2.75) is 24.5 Å². The van der Waals surface area contributed by atoms with Crippen LogP contribution in [-0.4, -0.2) is 58.6 Å². The van der Waals surface area contributed by atoms with Crippen LogP contribution < -0.4 is 15.8 Å². The van der Waals surface area contributed by atoms with Crippen LogP contribution in [0.2, 0.25) is 0 Å². The Kier molecular flexibility index (Phi) is 4.89. The molecule has 1 fully saturated rings. The van der Waals surface area contributed by atoms with Gasteiger partial charge in [0.1, 0.15) is 18.3 Å². The van der Waals surface area contributed by atoms with E-state index in [9.17, 15) is 24.4 Å². The zero-order valence-electron chi connectivity index (χ0n) is 14.7. The predicted molar refractivity (Wildman–Crippen MR) is 87.5 cm³/mol. The number of fused-ring (bicyclic) bond motifs is 1. The molecule has 0 aromatic carbocycles. The summed E-state index contributed by atoms with van der Waals surface area (Å²) < 4.78 is 25.6. The van der Waals surface area contributed by atoms with Crippen molar-refractivity contribution in [3.8, 4) is 0 Å². The zero-order chi connectivity index (χ0) is 20.3. The summed E-state index contributed by atoms with van der Waals surface area (Å²) in [6.45, 7) is -0.662. The standard InChI is InChI=1S/C13H19N4O9P/c1-14-5-17(10-7(14)11(20)16(3)13(21)15(10)2)12-9(19)8(18)6(26-12)4-25-27(22,23)24/h5-6,8-9,12,18-19H,4H2,1-3H3,(H-,22,23,24)/p+1/t6-,8-,9-,12-/m1/s1. The highest BCUT2D eigenvalue weighted by Crippen LogP contribution is 2.38. The third-order valence-corrected chi connectivity index (χ3v) is 5.01. The lowest BCUT2D eigenvalue weighted by Gasteiger charge is -2.14. The fraction of sp³-hybridized carbons (Fsp3) is 0.615. The normalized spacial score (nSPS) is 26.2. The molecule has 0 unspecified atom stereocenters. The number of nitrogens with zero attached hydrogens (tertiary/aromatic N) is 4. The summed E-state index contributed by atoms with van der Waals surface area (Å²) in [5, 5.41) is 20.5. The van der Waals surface area contributed by atoms with E-state index in [4.69, 9.17) is 14.5 Å². The number of hydrogen-bond acceptors (Lipinski definition) is 7. The Morgan fingerprint density at radius 3 is 2.44 bits per heavy atom. The molecule has 2 aromatic heterocycles. The average molecular weight is 407 g/mol. The van der Waals surface area contributed by atoms with Gasteiger partial charge in [-0.3, -0.25) is 18.5 Å². The van der Waals surface area contributed by atoms with Gasteiger partial charge < -0.3 is 24.7 Å². The highest BCUT2D eigenvalue weighted by atomic mass is 31.2. The lowest BCUT2D eigenvalue weighted by molar-refractivity contribution is -0.646. The second-order valence-corrected chi connectivity index (χ2v) is 7.58. The van der Waals surface area contributed by atoms with Gasteiger partial charge in [0.05, 0.1) is 13.7 Å². The Bertz CT molecular complexity index is 1050. The Morgan fingerprint density at radius 1 is 1.22 bits per heavy atom. The number of phosphoric acid groups is 1. The molecule has 14 heteroatoms. The van der Waals surface area contributed by atoms with Gasteiger partial charge >= 0.3 is 19.1 Å². The second-order valence-electron chi connectivity index (χ2n) is 6.34. The van der Waals surface area contributed by atoms with E-state index >= 15 is 0 Å². The molecule has 0 saturated carbocycles. The highest BCUT2D eigenvalue weighted by Gasteiger charge is 2.48. The number of ether oxygens (including phenoxy) is 1. The second kappa shape index (κ2) is 6.63. The molecule has 0 radical (unpaired) electrons. The van der Waals surface area contributed by atoms with Crippen molar-refractivity contribution in [1.29, 1.82) is 0 Å². The molecular formula is C13H20N4O9P+. The maximum absolute atomic E-state index is 12.4. The van der Waals surface area contributed by atoms with Gasteiger partial charge in [-0.05, 0) is 0 Å². The lowest BCUT2D eigenvalue weighted by atomic mass is 10.1. The van der Waals surface area contributed by atoms with Gasteiger partial charge in [0.2, 0.25) is 12.6 Å². The minimum atomic E-state index is -4.79. The first-order valence-corrected chi connectivity index (χ1v) is 9.35. The average Bonchev–Trinajstić information content (AvgIpc) is 3.06. The van der Waals surface area contributed by atoms with Gasteiger partial charge in [-0.25, -0.2) is 13.9 Å². The number of rotatable bonds is 4. The molecule has 0 aliphatic carbocycles. The minimum Gasteiger partial charge on any atom is -0.387 e. The Hall–Kier alpha value is -1.86. The summed E-state index contributed by atoms with van der Waals surface area (Å²) >= 11 is 0. The van der Waals surface area contributed by atoms with Gasteiger partial charge in [0.25, 0.3) is 11.2 Å². The molecule has 4 N–H and O–H groups in total. The van der Waals surface area contributed by atoms with Crippen LogP contribution in [0.5, 0.6) is 0 Å². The SMILES string of the molecule is Cn1c(=O)c2c(n([C@@H]3O[C@H](COP(=O)(O)O)[C@@H](O)[C@H]3O)c[n+]2C)n(C)c1=O. The number of phosphoric ester groups is 1. The highest BCUT2D eigenvalue weighted by molar-refractivity contribution is 7.46. The molecule has 0 amide bonds. The summed E-state index contributed by atoms with van der Waals surface area (Å²) in [5.41, 5.74) is -0.830. The summed E-state index contributed by atoms with van der Waals surface area (Å²) in [7, 11) is -0.452. The third kappa shape index (κ3) is 3.27. The van der Waals surface area contributed by atoms with E-state index in [1.807, 2.05) is 0 Å². The molecule has 1 aliphatic heterocycles. The smallest absolute Gasteiger partial charge is 0.387 e. The van der Waals surface area contributed by atoms with Crippen molar-refractivity contribution in [3.05, 3.63) is 27.2 Å². The van der Waals surface area contributed by atoms with Crippen molar-refractivity contribution in [3.63, 3.8) is 0 Å². The van der Waals surface area contributed by atoms with Crippen LogP contribution >= 0.6 is 7.82 Å². The summed E-state index contributed by atoms with van der Waals surface area (Å²) in [6.07, 6.45) is -4.04. The largest absolute Gasteiger partial charge is 0.469 e. The molecule has 0 bridgehead atoms. The van der Waals surface area contributed by atoms with Crippen molar-refractivity contribution < 1.29 is 38.4 Å². The van der Waals surface area contributed by atoms with E-state index in [0.717, 1.165) is 4.57 Å². The van der Waals surface area contributed by atoms with Crippen molar-refractivity contribution >= 4 is 19.0 Å². The van der Waals surface area contributed by atoms with Crippen LogP contribution in [0.1, 0.15) is 6.23 Å². The number of hydrogen-bond donors (Lipinski definition) is 4. The maximum atomic E-state index is 12.4. The van der Waals surface area contributed by atoms with E-state index in [1.165, 1.54) is 34.1 Å². The monoisotopic (exact) mass is 407 g/mol. The minimum absolute atomic E-state index is 0.151. The fourth-order valence-corrected chi connectivity index (χ4v) is 3.51. The molecule has 4 atom stereocenters. The maximum Gasteiger partial charge on any atom is 0.469 e. The number of aliphatic hydroxyl groups is 2. The van der Waals surface area contributed by atoms with Gasteiger partial charge in [-0.15, -0.1) is 0 Å². The number of imidazole rings is 1. The van der Waals surface area contributed by atoms with Crippen LogP contribution in [0.3, 0.4) is 0 Å². The van der Waals surface area contributed by atoms with Gasteiger partial charge in [-0.2, -0.15) is 4.57 Å². The number of aromatic nitrogens is 4. The molecule has 3 rings (SSSR count). The van der Waals surface area contributed by atoms with Crippen molar-refractivity contribution in [1.82, 2.24) is 13.7 Å². The molecule has 2 aromatic rings. The Balaban J connectivity index is 2.07. The summed E-state index contributed by atoms with van der Waals surface area (Å²) in [6, 6.07) is 0. The van der Waals surface area contributed by atoms with Gasteiger partial charge in [0, 0.05) is 14.1 Å². The molecule has 150 valence electrons. The van der Waals surface area contributed by atoms with Crippen LogP contribution in [0.25, 0.3) is 11.2 Å². The molecule has 13 nitrogen and oxygen atoms in total. The molecule has 0 spiro atoms. The Morgan fingerprint density at radius 2 is 1.85 bits per heavy atom. The van der Waals surface area contributed by atoms with Crippen LogP contribution in [0.4, 0.5) is 0 Å². The summed E-state index contributed by atoms with van der Waals surface area (Å²) in [4.78, 5) is 42.2. The van der Waals surface area contributed by atoms with Gasteiger partial charge in [-0.1, -0.05) is 0 Å². The molecule has 1 aliphatic rings. The van der Waals surface area contributed by atoms with Gasteiger partial charge in [0.15, 0.2) is 0 Å². The first-order valence-electron chi connectivity index (χ1n) is 7.82. The third-order valence-electron chi connectivity index (χ3n) is 4.52. The first kappa shape index (κ1) is 19.9. The topological polar surface area (TPSA) is 169 Å². The van der Waals surface area contributed by atoms with Crippen LogP contribution in [-0.2, 0) is 35.0 Å². The van der Waals surface area contributed by atoms with E-state index in [-0.39, 0.29) is 11.2 Å². The van der Waals surface area contributed by atoms with Crippen LogP contribution in [0.15, 0.2) is 15.9 Å². The van der Waals surface area contributed by atoms with Crippen molar-refractivity contribution in [2.75, 3.05) is 6.61 Å². The number of aliphatic hydroxyl groups excluding tert-OH is 2. The van der Waals surface area contributed by atoms with Crippen LogP contribution in [0, 0.1) is 0 Å². The zero-order valence-corrected chi connectivity index (χ0v) is 15.6. The fourth-order valence-electron chi connectivity index (χ4n) is 3.17. The van der Waals surface area contributed by atoms with E-state index < -0.39 is 50.2 Å². The quantitative estimate of drug-likeness (QED) is 0.298. The van der Waals surface area contributed by atoms with E-state index in [1.54, 1.807) is 7.05 Å². The predicted octanol–water partition coefficient (Wildman–Crippen LogP) is -3.41. The Labute approximate surface area is 151 Å². The van der Waals surface area contributed by atoms with E-state index in [2.05, 4.69) is 4.52 Å². The number of aryl methyl sites for hydroxylation is 2. The lowest BCUT2D eigenvalue weighted by Crippen LogP contribution is -2.41. The van der Waals surface area contributed by atoms with Crippen molar-refractivity contribution in [2.24, 2.45) is 21.1 Å². The molecular weight excluding hydrogens is 387 g/mol. The van der Waals surface area contributed by atoms with E-state index in [0.29, 0.717) is 0 Å². The summed E-state index contributed by atoms with van der Waals surface area (Å²) in [5.74, 6) is 0. The molecule has 1 saturated heterocycles.